The van der Waals surface area contributed by atoms with Crippen LogP contribution in [0.15, 0.2) is 60.3 Å². The first-order chi connectivity index (χ1) is 14.0. The molecule has 0 saturated carbocycles. The van der Waals surface area contributed by atoms with E-state index in [1.54, 1.807) is 12.1 Å². The van der Waals surface area contributed by atoms with Gasteiger partial charge in [-0.1, -0.05) is 53.5 Å². The van der Waals surface area contributed by atoms with Crippen LogP contribution in [0.5, 0.6) is 0 Å². The minimum Gasteiger partial charge on any atom is -0.387 e. The number of carbonyl (C=O) groups excluding carboxylic acids is 1. The number of halogens is 2. The molecule has 0 aliphatic carbocycles. The number of nitrogens with one attached hydrogen (secondary N) is 2. The van der Waals surface area contributed by atoms with Crippen LogP contribution in [0.2, 0.25) is 10.0 Å². The number of likely N-dealkylation sites (tertiary alicyclic amines) is 1. The standard InChI is InChI=1S/C22H22Cl2N4O/c23-18-6-7-21(20(24)12-18)27-22(29)17(13-25)14-26-19-8-10-28(11-9-19)15-16-4-2-1-3-5-16/h1-7,12,14,19,26H,8-11,15H2,(H,27,29)/b17-14-. The van der Waals surface area contributed by atoms with Crippen LogP contribution in [0.25, 0.3) is 0 Å². The Morgan fingerprint density at radius 3 is 2.55 bits per heavy atom. The van der Waals surface area contributed by atoms with E-state index in [4.69, 9.17) is 23.2 Å². The highest BCUT2D eigenvalue weighted by Gasteiger charge is 2.19. The maximum Gasteiger partial charge on any atom is 0.267 e. The topological polar surface area (TPSA) is 68.2 Å². The zero-order chi connectivity index (χ0) is 20.6. The minimum atomic E-state index is -0.509. The molecular weight excluding hydrogens is 407 g/mol. The van der Waals surface area contributed by atoms with Crippen molar-refractivity contribution < 1.29 is 4.79 Å². The van der Waals surface area contributed by atoms with E-state index in [-0.39, 0.29) is 11.6 Å². The van der Waals surface area contributed by atoms with E-state index in [1.807, 2.05) is 12.1 Å². The smallest absolute Gasteiger partial charge is 0.267 e. The normalized spacial score (nSPS) is 15.6. The summed E-state index contributed by atoms with van der Waals surface area (Å²) < 4.78 is 0. The quantitative estimate of drug-likeness (QED) is 0.521. The molecule has 5 nitrogen and oxygen atoms in total. The Morgan fingerprint density at radius 1 is 1.17 bits per heavy atom. The van der Waals surface area contributed by atoms with Gasteiger partial charge in [0, 0.05) is 36.9 Å². The second-order valence-corrected chi connectivity index (χ2v) is 7.79. The second kappa shape index (κ2) is 10.3. The van der Waals surface area contributed by atoms with Crippen LogP contribution in [-0.4, -0.2) is 29.9 Å². The van der Waals surface area contributed by atoms with Crippen molar-refractivity contribution in [2.45, 2.75) is 25.4 Å². The monoisotopic (exact) mass is 428 g/mol. The number of nitriles is 1. The Morgan fingerprint density at radius 2 is 1.90 bits per heavy atom. The van der Waals surface area contributed by atoms with Crippen LogP contribution in [0.1, 0.15) is 18.4 Å². The molecule has 2 N–H and O–H groups in total. The van der Waals surface area contributed by atoms with Crippen LogP contribution < -0.4 is 10.6 Å². The minimum absolute atomic E-state index is 0.00253. The summed E-state index contributed by atoms with van der Waals surface area (Å²) in [4.78, 5) is 14.8. The average molecular weight is 429 g/mol. The van der Waals surface area contributed by atoms with Gasteiger partial charge in [-0.15, -0.1) is 0 Å². The third-order valence-corrected chi connectivity index (χ3v) is 5.39. The highest BCUT2D eigenvalue weighted by molar-refractivity contribution is 6.36. The number of hydrogen-bond acceptors (Lipinski definition) is 4. The molecule has 1 aliphatic heterocycles. The predicted molar refractivity (Wildman–Crippen MR) is 117 cm³/mol. The van der Waals surface area contributed by atoms with Gasteiger partial charge in [0.25, 0.3) is 5.91 Å². The van der Waals surface area contributed by atoms with Gasteiger partial charge in [0.15, 0.2) is 0 Å². The molecule has 7 heteroatoms. The van der Waals surface area contributed by atoms with Crippen LogP contribution in [0, 0.1) is 11.3 Å². The molecule has 1 amide bonds. The van der Waals surface area contributed by atoms with Gasteiger partial charge in [0.1, 0.15) is 11.6 Å². The molecule has 1 saturated heterocycles. The Balaban J connectivity index is 1.50. The molecule has 1 aliphatic rings. The molecule has 0 radical (unpaired) electrons. The van der Waals surface area contributed by atoms with Gasteiger partial charge in [-0.3, -0.25) is 9.69 Å². The molecule has 1 fully saturated rings. The SMILES string of the molecule is N#C/C(=C/NC1CCN(Cc2ccccc2)CC1)C(=O)Nc1ccc(Cl)cc1Cl. The van der Waals surface area contributed by atoms with Crippen molar-refractivity contribution in [3.05, 3.63) is 75.9 Å². The van der Waals surface area contributed by atoms with Gasteiger partial charge in [-0.05, 0) is 36.6 Å². The first kappa shape index (κ1) is 21.2. The average Bonchev–Trinajstić information content (AvgIpc) is 2.72. The second-order valence-electron chi connectivity index (χ2n) is 6.95. The molecule has 0 spiro atoms. The maximum atomic E-state index is 12.4. The molecule has 1 heterocycles. The summed E-state index contributed by atoms with van der Waals surface area (Å²) in [6, 6.07) is 17.4. The van der Waals surface area contributed by atoms with E-state index in [2.05, 4.69) is 39.8 Å². The van der Waals surface area contributed by atoms with Gasteiger partial charge in [-0.2, -0.15) is 5.26 Å². The van der Waals surface area contributed by atoms with Gasteiger partial charge in [0.05, 0.1) is 10.7 Å². The molecule has 0 aromatic heterocycles. The Kier molecular flexibility index (Phi) is 7.54. The van der Waals surface area contributed by atoms with Crippen molar-refractivity contribution in [3.8, 4) is 6.07 Å². The highest BCUT2D eigenvalue weighted by atomic mass is 35.5. The number of anilines is 1. The van der Waals surface area contributed by atoms with Crippen molar-refractivity contribution in [2.75, 3.05) is 18.4 Å². The molecule has 0 bridgehead atoms. The van der Waals surface area contributed by atoms with Crippen LogP contribution in [0.3, 0.4) is 0 Å². The number of carbonyl (C=O) groups is 1. The lowest BCUT2D eigenvalue weighted by molar-refractivity contribution is -0.112. The zero-order valence-corrected chi connectivity index (χ0v) is 17.4. The summed E-state index contributed by atoms with van der Waals surface area (Å²) in [5, 5.41) is 16.0. The van der Waals surface area contributed by atoms with Crippen LogP contribution >= 0.6 is 23.2 Å². The van der Waals surface area contributed by atoms with E-state index >= 15 is 0 Å². The van der Waals surface area contributed by atoms with E-state index in [0.29, 0.717) is 15.7 Å². The first-order valence-electron chi connectivity index (χ1n) is 9.44. The Bertz CT molecular complexity index is 916. The number of piperidine rings is 1. The highest BCUT2D eigenvalue weighted by Crippen LogP contribution is 2.25. The summed E-state index contributed by atoms with van der Waals surface area (Å²) in [5.74, 6) is -0.509. The summed E-state index contributed by atoms with van der Waals surface area (Å²) in [6.45, 7) is 2.88. The van der Waals surface area contributed by atoms with Crippen molar-refractivity contribution in [2.24, 2.45) is 0 Å². The van der Waals surface area contributed by atoms with E-state index in [1.165, 1.54) is 17.8 Å². The summed E-state index contributed by atoms with van der Waals surface area (Å²) >= 11 is 11.9. The van der Waals surface area contributed by atoms with Crippen molar-refractivity contribution in [1.82, 2.24) is 10.2 Å². The molecule has 3 rings (SSSR count). The van der Waals surface area contributed by atoms with Crippen molar-refractivity contribution in [1.29, 1.82) is 5.26 Å². The van der Waals surface area contributed by atoms with E-state index < -0.39 is 5.91 Å². The number of nitrogens with zero attached hydrogens (tertiary/aromatic N) is 2. The number of benzene rings is 2. The van der Waals surface area contributed by atoms with Gasteiger partial charge in [-0.25, -0.2) is 0 Å². The first-order valence-corrected chi connectivity index (χ1v) is 10.2. The summed E-state index contributed by atoms with van der Waals surface area (Å²) in [7, 11) is 0. The molecular formula is C22H22Cl2N4O. The lowest BCUT2D eigenvalue weighted by Crippen LogP contribution is -2.40. The largest absolute Gasteiger partial charge is 0.387 e. The number of rotatable bonds is 6. The summed E-state index contributed by atoms with van der Waals surface area (Å²) in [6.07, 6.45) is 3.40. The predicted octanol–water partition coefficient (Wildman–Crippen LogP) is 4.59. The Hall–Kier alpha value is -2.52. The maximum absolute atomic E-state index is 12.4. The zero-order valence-electron chi connectivity index (χ0n) is 15.9. The molecule has 0 atom stereocenters. The molecule has 0 unspecified atom stereocenters. The van der Waals surface area contributed by atoms with Gasteiger partial charge >= 0.3 is 0 Å². The molecule has 2 aromatic rings. The summed E-state index contributed by atoms with van der Waals surface area (Å²) in [5.41, 5.74) is 1.72. The Labute approximate surface area is 180 Å². The fourth-order valence-corrected chi connectivity index (χ4v) is 3.69. The fourth-order valence-electron chi connectivity index (χ4n) is 3.23. The number of hydrogen-bond donors (Lipinski definition) is 2. The molecule has 29 heavy (non-hydrogen) atoms. The molecule has 2 aromatic carbocycles. The van der Waals surface area contributed by atoms with E-state index in [0.717, 1.165) is 32.5 Å². The fraction of sp³-hybridized carbons (Fsp3) is 0.273. The number of amides is 1. The third-order valence-electron chi connectivity index (χ3n) is 4.84. The van der Waals surface area contributed by atoms with E-state index in [9.17, 15) is 10.1 Å². The van der Waals surface area contributed by atoms with Crippen LogP contribution in [-0.2, 0) is 11.3 Å². The lowest BCUT2D eigenvalue weighted by atomic mass is 10.0. The van der Waals surface area contributed by atoms with Gasteiger partial charge < -0.3 is 10.6 Å². The third kappa shape index (κ3) is 6.23. The van der Waals surface area contributed by atoms with Crippen molar-refractivity contribution >= 4 is 34.8 Å². The molecule has 150 valence electrons. The van der Waals surface area contributed by atoms with Crippen molar-refractivity contribution in [3.63, 3.8) is 0 Å². The van der Waals surface area contributed by atoms with Gasteiger partial charge in [0.2, 0.25) is 0 Å². The van der Waals surface area contributed by atoms with Crippen LogP contribution in [0.4, 0.5) is 5.69 Å². The lowest BCUT2D eigenvalue weighted by Gasteiger charge is -2.32.